The smallest absolute Gasteiger partial charge is 0.285 e. The van der Waals surface area contributed by atoms with E-state index in [-0.39, 0.29) is 22.8 Å². The molecule has 0 saturated carbocycles. The second-order valence-electron chi connectivity index (χ2n) is 5.32. The minimum Gasteiger partial charge on any atom is -0.354 e. The van der Waals surface area contributed by atoms with Crippen molar-refractivity contribution in [1.29, 1.82) is 0 Å². The zero-order valence-corrected chi connectivity index (χ0v) is 15.0. The van der Waals surface area contributed by atoms with Crippen LogP contribution in [0.4, 0.5) is 0 Å². The Morgan fingerprint density at radius 2 is 2.17 bits per heavy atom. The van der Waals surface area contributed by atoms with Gasteiger partial charge in [0.1, 0.15) is 0 Å². The number of halogens is 1. The number of nitrogens with one attached hydrogen (secondary N) is 1. The Kier molecular flexibility index (Phi) is 5.64. The first kappa shape index (κ1) is 17.7. The third-order valence-electron chi connectivity index (χ3n) is 3.62. The first-order valence-corrected chi connectivity index (χ1v) is 9.38. The summed E-state index contributed by atoms with van der Waals surface area (Å²) >= 11 is 5.88. The lowest BCUT2D eigenvalue weighted by molar-refractivity contribution is 0.302. The van der Waals surface area contributed by atoms with Gasteiger partial charge in [-0.3, -0.25) is 0 Å². The summed E-state index contributed by atoms with van der Waals surface area (Å²) in [6.45, 7) is 6.51. The molecule has 0 saturated heterocycles. The van der Waals surface area contributed by atoms with Gasteiger partial charge < -0.3 is 5.32 Å². The average Bonchev–Trinajstić information content (AvgIpc) is 2.87. The molecule has 1 aromatic carbocycles. The summed E-state index contributed by atoms with van der Waals surface area (Å²) in [5.74, 6) is 0.470. The van der Waals surface area contributed by atoms with E-state index in [9.17, 15) is 8.42 Å². The Hall–Kier alpha value is -1.60. The Balaban J connectivity index is 2.40. The lowest BCUT2D eigenvalue weighted by Crippen LogP contribution is -2.43. The number of guanidine groups is 1. The lowest BCUT2D eigenvalue weighted by atomic mass is 10.0. The molecule has 0 radical (unpaired) electrons. The van der Waals surface area contributed by atoms with Crippen LogP contribution in [0.25, 0.3) is 0 Å². The molecule has 1 aliphatic rings. The maximum absolute atomic E-state index is 12.5. The number of rotatable bonds is 4. The summed E-state index contributed by atoms with van der Waals surface area (Å²) in [7, 11) is -3.87. The van der Waals surface area contributed by atoms with Crippen LogP contribution in [0.3, 0.4) is 0 Å². The van der Waals surface area contributed by atoms with E-state index in [2.05, 4.69) is 14.8 Å². The van der Waals surface area contributed by atoms with E-state index in [0.717, 1.165) is 6.42 Å². The second kappa shape index (κ2) is 7.31. The molecule has 6 nitrogen and oxygen atoms in total. The number of sulfonamides is 1. The molecule has 1 aliphatic heterocycles. The molecule has 0 bridgehead atoms. The van der Waals surface area contributed by atoms with Crippen LogP contribution in [0.5, 0.6) is 0 Å². The molecule has 23 heavy (non-hydrogen) atoms. The van der Waals surface area contributed by atoms with E-state index in [1.807, 2.05) is 27.0 Å². The molecule has 126 valence electrons. The van der Waals surface area contributed by atoms with Gasteiger partial charge in [-0.2, -0.15) is 13.5 Å². The van der Waals surface area contributed by atoms with Crippen LogP contribution >= 0.6 is 11.6 Å². The van der Waals surface area contributed by atoms with Crippen molar-refractivity contribution in [2.45, 2.75) is 38.1 Å². The number of nitrogens with zero attached hydrogens (tertiary/aromatic N) is 3. The van der Waals surface area contributed by atoms with Crippen LogP contribution in [-0.2, 0) is 10.0 Å². The Bertz CT molecular complexity index is 718. The van der Waals surface area contributed by atoms with Gasteiger partial charge in [-0.15, -0.1) is 4.40 Å². The van der Waals surface area contributed by atoms with Gasteiger partial charge in [-0.25, -0.2) is 5.01 Å². The van der Waals surface area contributed by atoms with E-state index in [4.69, 9.17) is 11.6 Å². The summed E-state index contributed by atoms with van der Waals surface area (Å²) in [5, 5.41) is 9.31. The van der Waals surface area contributed by atoms with Crippen LogP contribution in [0.15, 0.2) is 38.7 Å². The van der Waals surface area contributed by atoms with Crippen molar-refractivity contribution in [3.05, 3.63) is 29.3 Å². The molecule has 0 spiro atoms. The van der Waals surface area contributed by atoms with Crippen LogP contribution in [0.2, 0.25) is 5.02 Å². The third-order valence-corrected chi connectivity index (χ3v) is 5.12. The SMILES string of the molecule is CCN/C(=N\S(=O)(=O)c1cccc(Cl)c1)N1N=CC(C)C1CC. The van der Waals surface area contributed by atoms with Crippen molar-refractivity contribution in [2.24, 2.45) is 15.4 Å². The van der Waals surface area contributed by atoms with Crippen LogP contribution < -0.4 is 5.32 Å². The minimum absolute atomic E-state index is 0.0599. The van der Waals surface area contributed by atoms with Crippen molar-refractivity contribution in [3.8, 4) is 0 Å². The van der Waals surface area contributed by atoms with Gasteiger partial charge in [0.05, 0.1) is 10.9 Å². The predicted octanol–water partition coefficient (Wildman–Crippen LogP) is 2.71. The molecule has 2 rings (SSSR count). The quantitative estimate of drug-likeness (QED) is 0.665. The van der Waals surface area contributed by atoms with Crippen molar-refractivity contribution >= 4 is 33.8 Å². The maximum Gasteiger partial charge on any atom is 0.285 e. The molecular weight excluding hydrogens is 336 g/mol. The van der Waals surface area contributed by atoms with Crippen LogP contribution in [-0.4, -0.2) is 38.2 Å². The van der Waals surface area contributed by atoms with Crippen LogP contribution in [0, 0.1) is 5.92 Å². The van der Waals surface area contributed by atoms with E-state index in [1.54, 1.807) is 17.1 Å². The minimum atomic E-state index is -3.87. The Labute approximate surface area is 142 Å². The lowest BCUT2D eigenvalue weighted by Gasteiger charge is -2.26. The Morgan fingerprint density at radius 3 is 2.78 bits per heavy atom. The first-order chi connectivity index (χ1) is 10.9. The van der Waals surface area contributed by atoms with Gasteiger partial charge >= 0.3 is 0 Å². The number of hydrazone groups is 1. The highest BCUT2D eigenvalue weighted by Crippen LogP contribution is 2.22. The summed E-state index contributed by atoms with van der Waals surface area (Å²) in [4.78, 5) is 0.0599. The molecule has 0 aromatic heterocycles. The molecule has 0 fully saturated rings. The van der Waals surface area contributed by atoms with E-state index < -0.39 is 10.0 Å². The molecule has 2 atom stereocenters. The van der Waals surface area contributed by atoms with Gasteiger partial charge in [0.15, 0.2) is 0 Å². The van der Waals surface area contributed by atoms with Crippen LogP contribution in [0.1, 0.15) is 27.2 Å². The van der Waals surface area contributed by atoms with Gasteiger partial charge in [0, 0.05) is 23.7 Å². The standard InChI is InChI=1S/C15H21ClN4O2S/c1-4-14-11(3)10-18-20(14)15(17-5-2)19-23(21,22)13-8-6-7-12(16)9-13/h6-11,14H,4-5H2,1-3H3,(H,17,19). The molecular formula is C15H21ClN4O2S. The largest absolute Gasteiger partial charge is 0.354 e. The normalized spacial score (nSPS) is 21.7. The molecule has 8 heteroatoms. The van der Waals surface area contributed by atoms with Gasteiger partial charge in [-0.1, -0.05) is 31.5 Å². The molecule has 0 amide bonds. The summed E-state index contributed by atoms with van der Waals surface area (Å²) in [6, 6.07) is 6.15. The van der Waals surface area contributed by atoms with Crippen molar-refractivity contribution in [3.63, 3.8) is 0 Å². The van der Waals surface area contributed by atoms with Crippen molar-refractivity contribution in [2.75, 3.05) is 6.54 Å². The Morgan fingerprint density at radius 1 is 1.43 bits per heavy atom. The molecule has 1 N–H and O–H groups in total. The second-order valence-corrected chi connectivity index (χ2v) is 7.36. The highest BCUT2D eigenvalue weighted by molar-refractivity contribution is 7.90. The average molecular weight is 357 g/mol. The fraction of sp³-hybridized carbons (Fsp3) is 0.467. The van der Waals surface area contributed by atoms with E-state index in [1.165, 1.54) is 12.1 Å². The topological polar surface area (TPSA) is 74.1 Å². The third kappa shape index (κ3) is 4.03. The fourth-order valence-electron chi connectivity index (χ4n) is 2.45. The highest BCUT2D eigenvalue weighted by atomic mass is 35.5. The maximum atomic E-state index is 12.5. The van der Waals surface area contributed by atoms with Gasteiger partial charge in [0.2, 0.25) is 5.96 Å². The van der Waals surface area contributed by atoms with E-state index >= 15 is 0 Å². The molecule has 2 unspecified atom stereocenters. The van der Waals surface area contributed by atoms with Gasteiger partial charge in [-0.05, 0) is 31.5 Å². The summed E-state index contributed by atoms with van der Waals surface area (Å²) in [5.41, 5.74) is 0. The zero-order chi connectivity index (χ0) is 17.0. The number of benzene rings is 1. The molecule has 0 aliphatic carbocycles. The van der Waals surface area contributed by atoms with Crippen molar-refractivity contribution < 1.29 is 8.42 Å². The number of hydrogen-bond donors (Lipinski definition) is 1. The van der Waals surface area contributed by atoms with Gasteiger partial charge in [0.25, 0.3) is 10.0 Å². The van der Waals surface area contributed by atoms with E-state index in [0.29, 0.717) is 11.6 Å². The molecule has 1 aromatic rings. The highest BCUT2D eigenvalue weighted by Gasteiger charge is 2.30. The fourth-order valence-corrected chi connectivity index (χ4v) is 3.71. The first-order valence-electron chi connectivity index (χ1n) is 7.56. The summed E-state index contributed by atoms with van der Waals surface area (Å²) < 4.78 is 29.0. The number of hydrogen-bond acceptors (Lipinski definition) is 3. The van der Waals surface area contributed by atoms with Crippen molar-refractivity contribution in [1.82, 2.24) is 10.3 Å². The molecule has 1 heterocycles. The zero-order valence-electron chi connectivity index (χ0n) is 13.4. The monoisotopic (exact) mass is 356 g/mol. The predicted molar refractivity (Wildman–Crippen MR) is 93.3 cm³/mol. The summed E-state index contributed by atoms with van der Waals surface area (Å²) in [6.07, 6.45) is 2.65.